The van der Waals surface area contributed by atoms with Gasteiger partial charge in [-0.1, -0.05) is 18.2 Å². The lowest BCUT2D eigenvalue weighted by Gasteiger charge is -2.09. The molecule has 2 aromatic heterocycles. The molecule has 4 nitrogen and oxygen atoms in total. The van der Waals surface area contributed by atoms with Crippen LogP contribution in [0.25, 0.3) is 10.9 Å². The zero-order chi connectivity index (χ0) is 14.8. The summed E-state index contributed by atoms with van der Waals surface area (Å²) in [5, 5.41) is 3.91. The highest BCUT2D eigenvalue weighted by molar-refractivity contribution is 14.1. The number of halogens is 1. The Hall–Kier alpha value is -2.02. The number of carbonyl (C=O) groups is 1. The second-order valence-electron chi connectivity index (χ2n) is 4.63. The van der Waals surface area contributed by atoms with E-state index in [-0.39, 0.29) is 5.91 Å². The highest BCUT2D eigenvalue weighted by Gasteiger charge is 2.13. The number of hydrogen-bond donors (Lipinski definition) is 1. The Labute approximate surface area is 135 Å². The molecule has 0 fully saturated rings. The fourth-order valence-electron chi connectivity index (χ4n) is 2.09. The van der Waals surface area contributed by atoms with Gasteiger partial charge in [0, 0.05) is 17.3 Å². The number of pyridine rings is 2. The molecule has 0 saturated heterocycles. The molecule has 3 aromatic rings. The van der Waals surface area contributed by atoms with Crippen LogP contribution in [0.15, 0.2) is 48.7 Å². The Morgan fingerprint density at radius 2 is 1.95 bits per heavy atom. The topological polar surface area (TPSA) is 54.9 Å². The number of nitrogens with one attached hydrogen (secondary N) is 1. The largest absolute Gasteiger partial charge is 0.320 e. The molecule has 1 aromatic carbocycles. The van der Waals surface area contributed by atoms with Crippen molar-refractivity contribution in [2.45, 2.75) is 6.92 Å². The van der Waals surface area contributed by atoms with Crippen LogP contribution >= 0.6 is 22.6 Å². The zero-order valence-corrected chi connectivity index (χ0v) is 13.5. The van der Waals surface area contributed by atoms with Crippen LogP contribution in [-0.2, 0) is 0 Å². The van der Waals surface area contributed by atoms with Crippen LogP contribution in [0, 0.1) is 10.6 Å². The molecule has 0 saturated carbocycles. The summed E-state index contributed by atoms with van der Waals surface area (Å²) in [5.41, 5.74) is 2.94. The van der Waals surface area contributed by atoms with E-state index in [9.17, 15) is 4.79 Å². The van der Waals surface area contributed by atoms with Gasteiger partial charge in [0.25, 0.3) is 5.91 Å². The van der Waals surface area contributed by atoms with E-state index in [0.717, 1.165) is 16.6 Å². The van der Waals surface area contributed by atoms with Gasteiger partial charge in [-0.2, -0.15) is 0 Å². The van der Waals surface area contributed by atoms with Gasteiger partial charge in [-0.05, 0) is 53.8 Å². The molecule has 0 aliphatic carbocycles. The molecule has 0 atom stereocenters. The van der Waals surface area contributed by atoms with E-state index in [4.69, 9.17) is 0 Å². The zero-order valence-electron chi connectivity index (χ0n) is 11.3. The fraction of sp³-hybridized carbons (Fsp3) is 0.0625. The highest BCUT2D eigenvalue weighted by atomic mass is 127. The quantitative estimate of drug-likeness (QED) is 0.536. The fourth-order valence-corrected chi connectivity index (χ4v) is 2.89. The number of fused-ring (bicyclic) bond motifs is 1. The van der Waals surface area contributed by atoms with Crippen molar-refractivity contribution >= 4 is 45.1 Å². The first-order valence-corrected chi connectivity index (χ1v) is 7.51. The van der Waals surface area contributed by atoms with Gasteiger partial charge in [0.2, 0.25) is 0 Å². The molecule has 0 aliphatic rings. The molecule has 0 unspecified atom stereocenters. The van der Waals surface area contributed by atoms with Crippen molar-refractivity contribution in [2.75, 3.05) is 5.32 Å². The second-order valence-corrected chi connectivity index (χ2v) is 5.65. The van der Waals surface area contributed by atoms with Gasteiger partial charge in [-0.25, -0.2) is 4.98 Å². The number of para-hydroxylation sites is 1. The molecule has 1 N–H and O–H groups in total. The van der Waals surface area contributed by atoms with Crippen LogP contribution in [0.1, 0.15) is 16.1 Å². The van der Waals surface area contributed by atoms with Crippen LogP contribution in [0.4, 0.5) is 5.69 Å². The number of benzene rings is 1. The average Bonchev–Trinajstić information content (AvgIpc) is 2.47. The minimum Gasteiger partial charge on any atom is -0.320 e. The number of hydrogen-bond acceptors (Lipinski definition) is 3. The number of aromatic nitrogens is 2. The second kappa shape index (κ2) is 5.77. The summed E-state index contributed by atoms with van der Waals surface area (Å²) in [6, 6.07) is 13.2. The summed E-state index contributed by atoms with van der Waals surface area (Å²) in [4.78, 5) is 21.0. The molecule has 0 aliphatic heterocycles. The van der Waals surface area contributed by atoms with Gasteiger partial charge in [-0.15, -0.1) is 0 Å². The van der Waals surface area contributed by atoms with Crippen molar-refractivity contribution in [3.8, 4) is 0 Å². The third-order valence-electron chi connectivity index (χ3n) is 3.11. The van der Waals surface area contributed by atoms with Crippen molar-refractivity contribution in [3.05, 3.63) is 63.6 Å². The first-order chi connectivity index (χ1) is 10.1. The Balaban J connectivity index is 1.97. The maximum atomic E-state index is 12.4. The summed E-state index contributed by atoms with van der Waals surface area (Å²) in [6.45, 7) is 1.90. The van der Waals surface area contributed by atoms with E-state index in [2.05, 4.69) is 37.9 Å². The van der Waals surface area contributed by atoms with Crippen molar-refractivity contribution in [1.29, 1.82) is 0 Å². The van der Waals surface area contributed by atoms with Gasteiger partial charge in [0.15, 0.2) is 0 Å². The highest BCUT2D eigenvalue weighted by Crippen LogP contribution is 2.22. The van der Waals surface area contributed by atoms with Crippen molar-refractivity contribution in [1.82, 2.24) is 9.97 Å². The van der Waals surface area contributed by atoms with E-state index in [0.29, 0.717) is 15.0 Å². The normalized spacial score (nSPS) is 10.6. The Kier molecular flexibility index (Phi) is 3.83. The first kappa shape index (κ1) is 13.9. The number of carbonyl (C=O) groups excluding carboxylic acids is 1. The van der Waals surface area contributed by atoms with Crippen LogP contribution < -0.4 is 5.32 Å². The van der Waals surface area contributed by atoms with Crippen molar-refractivity contribution in [2.24, 2.45) is 0 Å². The predicted molar refractivity (Wildman–Crippen MR) is 91.4 cm³/mol. The SMILES string of the molecule is Cc1ccc(C(=O)Nc2cccc3cccnc23)c(I)n1. The van der Waals surface area contributed by atoms with E-state index >= 15 is 0 Å². The standard InChI is InChI=1S/C16H12IN3O/c1-10-7-8-12(15(17)19-10)16(21)20-13-6-2-4-11-5-3-9-18-14(11)13/h2-9H,1H3,(H,20,21). The monoisotopic (exact) mass is 389 g/mol. The molecule has 1 amide bonds. The third-order valence-corrected chi connectivity index (χ3v) is 3.94. The smallest absolute Gasteiger partial charge is 0.258 e. The van der Waals surface area contributed by atoms with E-state index in [1.54, 1.807) is 12.3 Å². The predicted octanol–water partition coefficient (Wildman–Crippen LogP) is 3.80. The average molecular weight is 389 g/mol. The Morgan fingerprint density at radius 3 is 2.76 bits per heavy atom. The number of aryl methyl sites for hydroxylation is 1. The van der Waals surface area contributed by atoms with Crippen LogP contribution in [0.2, 0.25) is 0 Å². The van der Waals surface area contributed by atoms with Gasteiger partial charge in [0.05, 0.1) is 16.8 Å². The molecule has 0 spiro atoms. The number of rotatable bonds is 2. The summed E-state index contributed by atoms with van der Waals surface area (Å²) in [6.07, 6.45) is 1.72. The lowest BCUT2D eigenvalue weighted by Crippen LogP contribution is -2.14. The Morgan fingerprint density at radius 1 is 1.14 bits per heavy atom. The van der Waals surface area contributed by atoms with E-state index in [1.807, 2.05) is 43.3 Å². The molecule has 0 radical (unpaired) electrons. The van der Waals surface area contributed by atoms with Crippen LogP contribution in [-0.4, -0.2) is 15.9 Å². The molecule has 3 rings (SSSR count). The lowest BCUT2D eigenvalue weighted by atomic mass is 10.2. The minimum atomic E-state index is -0.176. The number of anilines is 1. The molecule has 0 bridgehead atoms. The van der Waals surface area contributed by atoms with E-state index < -0.39 is 0 Å². The molecule has 21 heavy (non-hydrogen) atoms. The van der Waals surface area contributed by atoms with Gasteiger partial charge >= 0.3 is 0 Å². The molecule has 5 heteroatoms. The van der Waals surface area contributed by atoms with Gasteiger partial charge < -0.3 is 5.32 Å². The lowest BCUT2D eigenvalue weighted by molar-refractivity contribution is 0.102. The van der Waals surface area contributed by atoms with Gasteiger partial charge in [-0.3, -0.25) is 9.78 Å². The van der Waals surface area contributed by atoms with Crippen LogP contribution in [0.3, 0.4) is 0 Å². The number of nitrogens with zero attached hydrogens (tertiary/aromatic N) is 2. The molecule has 104 valence electrons. The molecular weight excluding hydrogens is 377 g/mol. The van der Waals surface area contributed by atoms with Gasteiger partial charge in [0.1, 0.15) is 3.70 Å². The maximum Gasteiger partial charge on any atom is 0.258 e. The summed E-state index contributed by atoms with van der Waals surface area (Å²) >= 11 is 2.07. The Bertz CT molecular complexity index is 827. The summed E-state index contributed by atoms with van der Waals surface area (Å²) in [5.74, 6) is -0.176. The molecule has 2 heterocycles. The first-order valence-electron chi connectivity index (χ1n) is 6.43. The maximum absolute atomic E-state index is 12.4. The van der Waals surface area contributed by atoms with Crippen molar-refractivity contribution in [3.63, 3.8) is 0 Å². The third kappa shape index (κ3) is 2.87. The van der Waals surface area contributed by atoms with E-state index in [1.165, 1.54) is 0 Å². The van der Waals surface area contributed by atoms with Crippen LogP contribution in [0.5, 0.6) is 0 Å². The summed E-state index contributed by atoms with van der Waals surface area (Å²) in [7, 11) is 0. The van der Waals surface area contributed by atoms with Crippen molar-refractivity contribution < 1.29 is 4.79 Å². The minimum absolute atomic E-state index is 0.176. The molecular formula is C16H12IN3O. The number of amides is 1. The summed E-state index contributed by atoms with van der Waals surface area (Å²) < 4.78 is 0.693.